The summed E-state index contributed by atoms with van der Waals surface area (Å²) >= 11 is 3.30. The maximum absolute atomic E-state index is 11.9. The minimum absolute atomic E-state index is 0.0640. The fourth-order valence-electron chi connectivity index (χ4n) is 1.46. The van der Waals surface area contributed by atoms with Crippen LogP contribution >= 0.6 is 15.9 Å². The molecule has 0 atom stereocenters. The number of phenolic OH excluding ortho intramolecular Hbond substituents is 1. The van der Waals surface area contributed by atoms with Crippen LogP contribution in [0.2, 0.25) is 0 Å². The Hall–Kier alpha value is -2.01. The zero-order valence-corrected chi connectivity index (χ0v) is 10.9. The number of aromatic hydroxyl groups is 1. The van der Waals surface area contributed by atoms with Crippen molar-refractivity contribution in [3.8, 4) is 5.75 Å². The quantitative estimate of drug-likeness (QED) is 0.590. The Kier molecular flexibility index (Phi) is 3.53. The average Bonchev–Trinajstić information content (AvgIpc) is 2.33. The molecule has 4 N–H and O–H groups in total. The smallest absolute Gasteiger partial charge is 0.255 e. The Morgan fingerprint density at radius 3 is 2.44 bits per heavy atom. The van der Waals surface area contributed by atoms with Crippen LogP contribution in [0.25, 0.3) is 0 Å². The summed E-state index contributed by atoms with van der Waals surface area (Å²) in [6.45, 7) is 0. The highest BCUT2D eigenvalue weighted by Gasteiger charge is 2.08. The van der Waals surface area contributed by atoms with E-state index in [1.165, 1.54) is 12.1 Å². The van der Waals surface area contributed by atoms with E-state index in [-0.39, 0.29) is 11.7 Å². The Balaban J connectivity index is 2.18. The summed E-state index contributed by atoms with van der Waals surface area (Å²) < 4.78 is 0.906. The summed E-state index contributed by atoms with van der Waals surface area (Å²) in [4.78, 5) is 11.9. The van der Waals surface area contributed by atoms with Gasteiger partial charge in [0.2, 0.25) is 0 Å². The molecule has 0 heterocycles. The van der Waals surface area contributed by atoms with Gasteiger partial charge in [0, 0.05) is 16.1 Å². The molecule has 18 heavy (non-hydrogen) atoms. The van der Waals surface area contributed by atoms with Gasteiger partial charge in [0.05, 0.1) is 11.4 Å². The van der Waals surface area contributed by atoms with Gasteiger partial charge in [0.1, 0.15) is 5.75 Å². The molecular weight excluding hydrogens is 296 g/mol. The first-order valence-electron chi connectivity index (χ1n) is 5.21. The molecular formula is C13H11BrN2O2. The fraction of sp³-hybridized carbons (Fsp3) is 0. The third kappa shape index (κ3) is 2.81. The van der Waals surface area contributed by atoms with Crippen molar-refractivity contribution in [2.75, 3.05) is 11.1 Å². The number of nitrogens with one attached hydrogen (secondary N) is 1. The molecule has 0 saturated carbocycles. The summed E-state index contributed by atoms with van der Waals surface area (Å²) in [5, 5.41) is 11.9. The Bertz CT molecular complexity index is 582. The molecule has 2 aromatic rings. The number of carbonyl (C=O) groups is 1. The van der Waals surface area contributed by atoms with Gasteiger partial charge in [-0.05, 0) is 36.4 Å². The summed E-state index contributed by atoms with van der Waals surface area (Å²) in [6, 6.07) is 11.4. The van der Waals surface area contributed by atoms with E-state index in [4.69, 9.17) is 5.73 Å². The van der Waals surface area contributed by atoms with Crippen molar-refractivity contribution >= 4 is 33.2 Å². The molecule has 1 amide bonds. The highest BCUT2D eigenvalue weighted by Crippen LogP contribution is 2.23. The lowest BCUT2D eigenvalue weighted by Crippen LogP contribution is -2.12. The molecule has 0 spiro atoms. The van der Waals surface area contributed by atoms with Gasteiger partial charge in [-0.3, -0.25) is 4.79 Å². The third-order valence-electron chi connectivity index (χ3n) is 2.39. The highest BCUT2D eigenvalue weighted by atomic mass is 79.9. The molecule has 4 nitrogen and oxygen atoms in total. The second-order valence-corrected chi connectivity index (χ2v) is 4.65. The molecule has 0 saturated heterocycles. The molecule has 0 aromatic heterocycles. The van der Waals surface area contributed by atoms with Gasteiger partial charge < -0.3 is 16.2 Å². The highest BCUT2D eigenvalue weighted by molar-refractivity contribution is 9.10. The Labute approximate surface area is 113 Å². The number of halogens is 1. The largest absolute Gasteiger partial charge is 0.508 e. The molecule has 0 bridgehead atoms. The lowest BCUT2D eigenvalue weighted by atomic mass is 10.2. The van der Waals surface area contributed by atoms with Crippen molar-refractivity contribution in [2.24, 2.45) is 0 Å². The number of hydrogen-bond acceptors (Lipinski definition) is 3. The topological polar surface area (TPSA) is 75.3 Å². The van der Waals surface area contributed by atoms with Crippen LogP contribution in [-0.4, -0.2) is 11.0 Å². The first-order valence-corrected chi connectivity index (χ1v) is 6.01. The van der Waals surface area contributed by atoms with E-state index in [9.17, 15) is 9.90 Å². The van der Waals surface area contributed by atoms with Gasteiger partial charge in [-0.25, -0.2) is 0 Å². The maximum Gasteiger partial charge on any atom is 0.255 e. The number of rotatable bonds is 2. The Morgan fingerprint density at radius 1 is 1.17 bits per heavy atom. The van der Waals surface area contributed by atoms with Crippen LogP contribution in [0.15, 0.2) is 46.9 Å². The molecule has 0 unspecified atom stereocenters. The fourth-order valence-corrected chi connectivity index (χ4v) is 1.72. The monoisotopic (exact) mass is 306 g/mol. The number of phenols is 1. The predicted octanol–water partition coefficient (Wildman–Crippen LogP) is 2.99. The van der Waals surface area contributed by atoms with E-state index < -0.39 is 0 Å². The van der Waals surface area contributed by atoms with Crippen molar-refractivity contribution in [3.63, 3.8) is 0 Å². The first-order chi connectivity index (χ1) is 8.56. The lowest BCUT2D eigenvalue weighted by molar-refractivity contribution is 0.102. The van der Waals surface area contributed by atoms with E-state index in [0.717, 1.165) is 4.47 Å². The second kappa shape index (κ2) is 5.10. The number of amides is 1. The number of nitrogen functional groups attached to an aromatic ring is 1. The number of nitrogens with two attached hydrogens (primary N) is 1. The van der Waals surface area contributed by atoms with E-state index in [1.807, 2.05) is 0 Å². The van der Waals surface area contributed by atoms with Gasteiger partial charge in [0.15, 0.2) is 0 Å². The normalized spacial score (nSPS) is 10.1. The van der Waals surface area contributed by atoms with Crippen LogP contribution in [0.5, 0.6) is 5.75 Å². The van der Waals surface area contributed by atoms with Gasteiger partial charge in [0.25, 0.3) is 5.91 Å². The molecule has 0 aliphatic rings. The van der Waals surface area contributed by atoms with Gasteiger partial charge in [-0.1, -0.05) is 15.9 Å². The van der Waals surface area contributed by atoms with Crippen molar-refractivity contribution in [3.05, 3.63) is 52.5 Å². The third-order valence-corrected chi connectivity index (χ3v) is 2.92. The molecule has 0 aliphatic carbocycles. The minimum Gasteiger partial charge on any atom is -0.508 e. The van der Waals surface area contributed by atoms with E-state index in [1.54, 1.807) is 30.3 Å². The van der Waals surface area contributed by atoms with Gasteiger partial charge in [-0.15, -0.1) is 0 Å². The molecule has 0 radical (unpaired) electrons. The van der Waals surface area contributed by atoms with Crippen LogP contribution in [0.1, 0.15) is 10.4 Å². The number of carbonyl (C=O) groups excluding carboxylic acids is 1. The van der Waals surface area contributed by atoms with Crippen molar-refractivity contribution in [2.45, 2.75) is 0 Å². The van der Waals surface area contributed by atoms with Crippen LogP contribution in [-0.2, 0) is 0 Å². The zero-order chi connectivity index (χ0) is 13.1. The lowest BCUT2D eigenvalue weighted by Gasteiger charge is -2.08. The summed E-state index contributed by atoms with van der Waals surface area (Å²) in [5.41, 5.74) is 7.02. The molecule has 0 fully saturated rings. The van der Waals surface area contributed by atoms with Crippen LogP contribution in [0.3, 0.4) is 0 Å². The SMILES string of the molecule is Nc1cc(O)ccc1NC(=O)c1ccc(Br)cc1. The van der Waals surface area contributed by atoms with E-state index in [0.29, 0.717) is 16.9 Å². The number of hydrogen-bond donors (Lipinski definition) is 3. The Morgan fingerprint density at radius 2 is 1.83 bits per heavy atom. The number of anilines is 2. The average molecular weight is 307 g/mol. The van der Waals surface area contributed by atoms with Crippen molar-refractivity contribution in [1.29, 1.82) is 0 Å². The molecule has 2 rings (SSSR count). The van der Waals surface area contributed by atoms with Crippen LogP contribution in [0.4, 0.5) is 11.4 Å². The van der Waals surface area contributed by atoms with Crippen molar-refractivity contribution < 1.29 is 9.90 Å². The second-order valence-electron chi connectivity index (χ2n) is 3.73. The van der Waals surface area contributed by atoms with Crippen LogP contribution in [0, 0.1) is 0 Å². The molecule has 0 aliphatic heterocycles. The summed E-state index contributed by atoms with van der Waals surface area (Å²) in [5.74, 6) is -0.186. The summed E-state index contributed by atoms with van der Waals surface area (Å²) in [6.07, 6.45) is 0. The summed E-state index contributed by atoms with van der Waals surface area (Å²) in [7, 11) is 0. The van der Waals surface area contributed by atoms with Crippen LogP contribution < -0.4 is 11.1 Å². The van der Waals surface area contributed by atoms with E-state index in [2.05, 4.69) is 21.2 Å². The van der Waals surface area contributed by atoms with Gasteiger partial charge >= 0.3 is 0 Å². The predicted molar refractivity (Wildman–Crippen MR) is 74.6 cm³/mol. The van der Waals surface area contributed by atoms with Gasteiger partial charge in [-0.2, -0.15) is 0 Å². The zero-order valence-electron chi connectivity index (χ0n) is 9.35. The maximum atomic E-state index is 11.9. The minimum atomic E-state index is -0.250. The molecule has 92 valence electrons. The first kappa shape index (κ1) is 12.4. The number of benzene rings is 2. The standard InChI is InChI=1S/C13H11BrN2O2/c14-9-3-1-8(2-4-9)13(18)16-12-6-5-10(17)7-11(12)15/h1-7,17H,15H2,(H,16,18). The molecule has 5 heteroatoms. The van der Waals surface area contributed by atoms with E-state index >= 15 is 0 Å². The van der Waals surface area contributed by atoms with Crippen molar-refractivity contribution in [1.82, 2.24) is 0 Å². The molecule has 2 aromatic carbocycles.